The topological polar surface area (TPSA) is 46.6 Å². The van der Waals surface area contributed by atoms with E-state index in [2.05, 4.69) is 13.8 Å². The Bertz CT molecular complexity index is 516. The van der Waals surface area contributed by atoms with Crippen LogP contribution in [0, 0.1) is 0 Å². The third-order valence-electron chi connectivity index (χ3n) is 3.79. The van der Waals surface area contributed by atoms with Gasteiger partial charge in [0.05, 0.1) is 11.5 Å². The van der Waals surface area contributed by atoms with Gasteiger partial charge in [0.1, 0.15) is 5.75 Å². The van der Waals surface area contributed by atoms with Crippen molar-refractivity contribution in [2.75, 3.05) is 19.7 Å². The molecule has 0 amide bonds. The molecule has 0 aliphatic rings. The summed E-state index contributed by atoms with van der Waals surface area (Å²) in [7, 11) is -3.42. The van der Waals surface area contributed by atoms with Crippen molar-refractivity contribution in [1.29, 1.82) is 0 Å². The quantitative estimate of drug-likeness (QED) is 0.527. The Balaban J connectivity index is 2.86. The van der Waals surface area contributed by atoms with Gasteiger partial charge in [0.2, 0.25) is 10.0 Å². The van der Waals surface area contributed by atoms with Gasteiger partial charge in [-0.2, -0.15) is 4.31 Å². The highest BCUT2D eigenvalue weighted by atomic mass is 32.2. The Morgan fingerprint density at radius 3 is 1.83 bits per heavy atom. The second-order valence-corrected chi connectivity index (χ2v) is 7.66. The standard InChI is InChI=1S/C18H31NO3S/c1-4-7-9-15-19(16-10-8-5-2)23(20,21)18-13-11-17(12-14-18)22-6-3/h11-14H,4-10,15-16H2,1-3H3. The van der Waals surface area contributed by atoms with E-state index in [1.807, 2.05) is 6.92 Å². The van der Waals surface area contributed by atoms with Crippen molar-refractivity contribution in [3.05, 3.63) is 24.3 Å². The Morgan fingerprint density at radius 1 is 0.870 bits per heavy atom. The zero-order valence-corrected chi connectivity index (χ0v) is 15.6. The van der Waals surface area contributed by atoms with Gasteiger partial charge in [-0.15, -0.1) is 0 Å². The van der Waals surface area contributed by atoms with Crippen molar-refractivity contribution in [3.63, 3.8) is 0 Å². The summed E-state index contributed by atoms with van der Waals surface area (Å²) in [5, 5.41) is 0. The van der Waals surface area contributed by atoms with Crippen LogP contribution in [0.25, 0.3) is 0 Å². The molecule has 0 fully saturated rings. The molecule has 1 aromatic carbocycles. The third-order valence-corrected chi connectivity index (χ3v) is 5.71. The van der Waals surface area contributed by atoms with Crippen molar-refractivity contribution in [2.24, 2.45) is 0 Å². The molecule has 1 aromatic rings. The van der Waals surface area contributed by atoms with Crippen LogP contribution in [-0.2, 0) is 10.0 Å². The summed E-state index contributed by atoms with van der Waals surface area (Å²) in [6, 6.07) is 6.75. The lowest BCUT2D eigenvalue weighted by Gasteiger charge is -2.22. The lowest BCUT2D eigenvalue weighted by molar-refractivity contribution is 0.340. The van der Waals surface area contributed by atoms with Crippen LogP contribution in [-0.4, -0.2) is 32.4 Å². The van der Waals surface area contributed by atoms with Gasteiger partial charge in [-0.1, -0.05) is 39.5 Å². The van der Waals surface area contributed by atoms with E-state index in [1.165, 1.54) is 0 Å². The highest BCUT2D eigenvalue weighted by molar-refractivity contribution is 7.89. The van der Waals surface area contributed by atoms with Gasteiger partial charge < -0.3 is 4.74 Å². The van der Waals surface area contributed by atoms with E-state index in [0.29, 0.717) is 30.3 Å². The molecular weight excluding hydrogens is 310 g/mol. The summed E-state index contributed by atoms with van der Waals surface area (Å²) in [5.74, 6) is 0.704. The summed E-state index contributed by atoms with van der Waals surface area (Å²) in [6.07, 6.45) is 6.13. The predicted molar refractivity (Wildman–Crippen MR) is 95.4 cm³/mol. The number of hydrogen-bond donors (Lipinski definition) is 0. The molecule has 23 heavy (non-hydrogen) atoms. The minimum absolute atomic E-state index is 0.356. The van der Waals surface area contributed by atoms with Crippen molar-refractivity contribution >= 4 is 10.0 Å². The Morgan fingerprint density at radius 2 is 1.39 bits per heavy atom. The highest BCUT2D eigenvalue weighted by Crippen LogP contribution is 2.21. The average Bonchev–Trinajstić information content (AvgIpc) is 2.54. The van der Waals surface area contributed by atoms with Crippen molar-refractivity contribution in [1.82, 2.24) is 4.31 Å². The van der Waals surface area contributed by atoms with Gasteiger partial charge in [0.25, 0.3) is 0 Å². The first-order valence-corrected chi connectivity index (χ1v) is 10.2. The van der Waals surface area contributed by atoms with E-state index < -0.39 is 10.0 Å². The van der Waals surface area contributed by atoms with E-state index in [-0.39, 0.29) is 0 Å². The van der Waals surface area contributed by atoms with Crippen LogP contribution in [0.4, 0.5) is 0 Å². The first-order valence-electron chi connectivity index (χ1n) is 8.79. The van der Waals surface area contributed by atoms with E-state index in [0.717, 1.165) is 38.5 Å². The molecule has 4 nitrogen and oxygen atoms in total. The molecule has 1 rings (SSSR count). The molecule has 0 saturated heterocycles. The maximum absolute atomic E-state index is 12.9. The van der Waals surface area contributed by atoms with Crippen LogP contribution >= 0.6 is 0 Å². The van der Waals surface area contributed by atoms with Gasteiger partial charge >= 0.3 is 0 Å². The fourth-order valence-corrected chi connectivity index (χ4v) is 3.97. The number of sulfonamides is 1. The molecule has 0 spiro atoms. The number of nitrogens with zero attached hydrogens (tertiary/aromatic N) is 1. The minimum atomic E-state index is -3.42. The fourth-order valence-electron chi connectivity index (χ4n) is 2.45. The van der Waals surface area contributed by atoms with Gasteiger partial charge in [0.15, 0.2) is 0 Å². The summed E-state index contributed by atoms with van der Waals surface area (Å²) < 4.78 is 32.8. The molecule has 0 saturated carbocycles. The predicted octanol–water partition coefficient (Wildman–Crippen LogP) is 4.46. The van der Waals surface area contributed by atoms with Crippen LogP contribution < -0.4 is 4.74 Å². The summed E-state index contributed by atoms with van der Waals surface area (Å²) in [4.78, 5) is 0.356. The Kier molecular flexibility index (Phi) is 9.26. The van der Waals surface area contributed by atoms with Crippen LogP contribution in [0.1, 0.15) is 59.3 Å². The highest BCUT2D eigenvalue weighted by Gasteiger charge is 2.23. The van der Waals surface area contributed by atoms with E-state index in [1.54, 1.807) is 28.6 Å². The van der Waals surface area contributed by atoms with Crippen molar-refractivity contribution in [3.8, 4) is 5.75 Å². The summed E-state index contributed by atoms with van der Waals surface area (Å²) in [6.45, 7) is 7.95. The normalized spacial score (nSPS) is 11.8. The zero-order chi connectivity index (χ0) is 17.1. The van der Waals surface area contributed by atoms with Gasteiger partial charge in [-0.3, -0.25) is 0 Å². The first kappa shape index (κ1) is 20.0. The molecule has 0 bridgehead atoms. The van der Waals surface area contributed by atoms with Crippen LogP contribution in [0.3, 0.4) is 0 Å². The number of ether oxygens (including phenoxy) is 1. The third kappa shape index (κ3) is 6.51. The second-order valence-electron chi connectivity index (χ2n) is 5.72. The zero-order valence-electron chi connectivity index (χ0n) is 14.8. The fraction of sp³-hybridized carbons (Fsp3) is 0.667. The van der Waals surface area contributed by atoms with E-state index in [4.69, 9.17) is 4.74 Å². The van der Waals surface area contributed by atoms with Crippen LogP contribution in [0.2, 0.25) is 0 Å². The Hall–Kier alpha value is -1.07. The van der Waals surface area contributed by atoms with Gasteiger partial charge in [-0.25, -0.2) is 8.42 Å². The lowest BCUT2D eigenvalue weighted by atomic mass is 10.2. The number of hydrogen-bond acceptors (Lipinski definition) is 3. The molecule has 0 aromatic heterocycles. The molecular formula is C18H31NO3S. The molecule has 0 aliphatic carbocycles. The molecule has 0 aliphatic heterocycles. The van der Waals surface area contributed by atoms with Gasteiger partial charge in [0, 0.05) is 13.1 Å². The summed E-state index contributed by atoms with van der Waals surface area (Å²) >= 11 is 0. The molecule has 0 atom stereocenters. The maximum atomic E-state index is 12.9. The van der Waals surface area contributed by atoms with Gasteiger partial charge in [-0.05, 0) is 44.0 Å². The average molecular weight is 342 g/mol. The Labute approximate surface area is 141 Å². The smallest absolute Gasteiger partial charge is 0.243 e. The largest absolute Gasteiger partial charge is 0.494 e. The number of rotatable bonds is 12. The van der Waals surface area contributed by atoms with Crippen LogP contribution in [0.15, 0.2) is 29.2 Å². The van der Waals surface area contributed by atoms with Crippen molar-refractivity contribution < 1.29 is 13.2 Å². The molecule has 0 radical (unpaired) electrons. The van der Waals surface area contributed by atoms with E-state index >= 15 is 0 Å². The molecule has 5 heteroatoms. The first-order chi connectivity index (χ1) is 11.1. The SMILES string of the molecule is CCCCCN(CCCCC)S(=O)(=O)c1ccc(OCC)cc1. The molecule has 0 N–H and O–H groups in total. The monoisotopic (exact) mass is 341 g/mol. The molecule has 0 heterocycles. The maximum Gasteiger partial charge on any atom is 0.243 e. The lowest BCUT2D eigenvalue weighted by Crippen LogP contribution is -2.33. The molecule has 132 valence electrons. The second kappa shape index (κ2) is 10.7. The van der Waals surface area contributed by atoms with E-state index in [9.17, 15) is 8.42 Å². The summed E-state index contributed by atoms with van der Waals surface area (Å²) in [5.41, 5.74) is 0. The number of benzene rings is 1. The molecule has 0 unspecified atom stereocenters. The van der Waals surface area contributed by atoms with Crippen molar-refractivity contribution in [2.45, 2.75) is 64.2 Å². The minimum Gasteiger partial charge on any atom is -0.494 e. The van der Waals surface area contributed by atoms with Crippen LogP contribution in [0.5, 0.6) is 5.75 Å². The number of unbranched alkanes of at least 4 members (excludes halogenated alkanes) is 4.